The molecule has 2 N–H and O–H groups in total. The van der Waals surface area contributed by atoms with E-state index in [0.717, 1.165) is 38.5 Å². The molecule has 15 heavy (non-hydrogen) atoms. The van der Waals surface area contributed by atoms with Crippen LogP contribution >= 0.6 is 0 Å². The van der Waals surface area contributed by atoms with Gasteiger partial charge in [0.05, 0.1) is 6.10 Å². The van der Waals surface area contributed by atoms with Crippen LogP contribution in [0.1, 0.15) is 65.2 Å². The van der Waals surface area contributed by atoms with Crippen molar-refractivity contribution in [3.05, 3.63) is 0 Å². The van der Waals surface area contributed by atoms with Crippen molar-refractivity contribution >= 4 is 0 Å². The molecule has 0 saturated heterocycles. The first-order chi connectivity index (χ1) is 7.26. The Morgan fingerprint density at radius 1 is 0.933 bits per heavy atom. The van der Waals surface area contributed by atoms with Gasteiger partial charge >= 0.3 is 0 Å². The van der Waals surface area contributed by atoms with Gasteiger partial charge in [-0.1, -0.05) is 52.4 Å². The standard InChI is InChI=1S/C12H26O3/c1-3-5-7-8-10-12(15-14)11(13)9-6-4-2/h11-14H,3-10H2,1-2H3. The molecule has 0 aromatic carbocycles. The number of aliphatic hydroxyl groups excluding tert-OH is 1. The zero-order chi connectivity index (χ0) is 11.5. The monoisotopic (exact) mass is 218 g/mol. The molecule has 0 aliphatic carbocycles. The summed E-state index contributed by atoms with van der Waals surface area (Å²) in [5.74, 6) is 0. The Bertz CT molecular complexity index is 128. The fraction of sp³-hybridized carbons (Fsp3) is 1.00. The Labute approximate surface area is 93.4 Å². The third-order valence-electron chi connectivity index (χ3n) is 2.76. The van der Waals surface area contributed by atoms with Crippen LogP contribution in [0.5, 0.6) is 0 Å². The van der Waals surface area contributed by atoms with Crippen LogP contribution in [0.3, 0.4) is 0 Å². The van der Waals surface area contributed by atoms with E-state index in [1.54, 1.807) is 0 Å². The minimum absolute atomic E-state index is 0.395. The number of hydrogen-bond donors (Lipinski definition) is 2. The molecule has 0 fully saturated rings. The highest BCUT2D eigenvalue weighted by atomic mass is 17.1. The molecule has 0 aliphatic heterocycles. The predicted molar refractivity (Wildman–Crippen MR) is 61.8 cm³/mol. The van der Waals surface area contributed by atoms with Crippen molar-refractivity contribution in [1.29, 1.82) is 0 Å². The molecule has 0 aromatic heterocycles. The van der Waals surface area contributed by atoms with Gasteiger partial charge in [0.25, 0.3) is 0 Å². The van der Waals surface area contributed by atoms with Gasteiger partial charge in [-0.3, -0.25) is 5.26 Å². The second kappa shape index (κ2) is 10.4. The topological polar surface area (TPSA) is 49.7 Å². The maximum atomic E-state index is 9.71. The van der Waals surface area contributed by atoms with Crippen molar-refractivity contribution < 1.29 is 15.3 Å². The highest BCUT2D eigenvalue weighted by Crippen LogP contribution is 2.14. The lowest BCUT2D eigenvalue weighted by atomic mass is 10.0. The smallest absolute Gasteiger partial charge is 0.118 e. The Morgan fingerprint density at radius 2 is 1.60 bits per heavy atom. The molecule has 0 heterocycles. The van der Waals surface area contributed by atoms with Gasteiger partial charge in [-0.25, -0.2) is 4.89 Å². The van der Waals surface area contributed by atoms with Crippen molar-refractivity contribution in [2.24, 2.45) is 0 Å². The van der Waals surface area contributed by atoms with E-state index in [2.05, 4.69) is 18.7 Å². The molecule has 0 rings (SSSR count). The molecule has 2 atom stereocenters. The van der Waals surface area contributed by atoms with E-state index in [4.69, 9.17) is 5.26 Å². The quantitative estimate of drug-likeness (QED) is 0.336. The largest absolute Gasteiger partial charge is 0.390 e. The minimum Gasteiger partial charge on any atom is -0.390 e. The molecular weight excluding hydrogens is 192 g/mol. The van der Waals surface area contributed by atoms with E-state index >= 15 is 0 Å². The van der Waals surface area contributed by atoms with Crippen LogP contribution in [0.25, 0.3) is 0 Å². The van der Waals surface area contributed by atoms with E-state index in [0.29, 0.717) is 0 Å². The van der Waals surface area contributed by atoms with Gasteiger partial charge in [0.1, 0.15) is 6.10 Å². The normalized spacial score (nSPS) is 15.2. The zero-order valence-corrected chi connectivity index (χ0v) is 10.1. The van der Waals surface area contributed by atoms with Crippen molar-refractivity contribution in [3.8, 4) is 0 Å². The molecule has 2 unspecified atom stereocenters. The maximum absolute atomic E-state index is 9.71. The van der Waals surface area contributed by atoms with Gasteiger partial charge in [0, 0.05) is 0 Å². The minimum atomic E-state index is -0.517. The molecule has 3 heteroatoms. The van der Waals surface area contributed by atoms with Crippen molar-refractivity contribution in [2.75, 3.05) is 0 Å². The Balaban J connectivity index is 3.60. The molecule has 0 spiro atoms. The summed E-state index contributed by atoms with van der Waals surface area (Å²) in [6.07, 6.45) is 7.17. The Kier molecular flexibility index (Phi) is 10.3. The van der Waals surface area contributed by atoms with Crippen LogP contribution in [-0.4, -0.2) is 22.6 Å². The molecule has 0 saturated carbocycles. The van der Waals surface area contributed by atoms with Gasteiger partial charge in [0.15, 0.2) is 0 Å². The predicted octanol–water partition coefficient (Wildman–Crippen LogP) is 3.37. The average Bonchev–Trinajstić information content (AvgIpc) is 2.26. The van der Waals surface area contributed by atoms with Crippen molar-refractivity contribution in [3.63, 3.8) is 0 Å². The second-order valence-electron chi connectivity index (χ2n) is 4.20. The third-order valence-corrected chi connectivity index (χ3v) is 2.76. The van der Waals surface area contributed by atoms with E-state index in [1.165, 1.54) is 12.8 Å². The van der Waals surface area contributed by atoms with Gasteiger partial charge in [-0.2, -0.15) is 0 Å². The first-order valence-electron chi connectivity index (χ1n) is 6.24. The maximum Gasteiger partial charge on any atom is 0.118 e. The number of hydrogen-bond acceptors (Lipinski definition) is 3. The number of aliphatic hydroxyl groups is 1. The van der Waals surface area contributed by atoms with E-state index < -0.39 is 12.2 Å². The van der Waals surface area contributed by atoms with Gasteiger partial charge in [-0.05, 0) is 12.8 Å². The van der Waals surface area contributed by atoms with Crippen molar-refractivity contribution in [2.45, 2.75) is 77.4 Å². The summed E-state index contributed by atoms with van der Waals surface area (Å²) in [7, 11) is 0. The summed E-state index contributed by atoms with van der Waals surface area (Å²) in [5, 5.41) is 18.4. The lowest BCUT2D eigenvalue weighted by Crippen LogP contribution is -2.28. The van der Waals surface area contributed by atoms with E-state index in [9.17, 15) is 5.11 Å². The summed E-state index contributed by atoms with van der Waals surface area (Å²) in [5.41, 5.74) is 0. The third kappa shape index (κ3) is 7.77. The molecular formula is C12H26O3. The first kappa shape index (κ1) is 14.9. The average molecular weight is 218 g/mol. The van der Waals surface area contributed by atoms with Crippen LogP contribution in [0, 0.1) is 0 Å². The molecule has 0 radical (unpaired) electrons. The van der Waals surface area contributed by atoms with Crippen molar-refractivity contribution in [1.82, 2.24) is 0 Å². The van der Waals surface area contributed by atoms with Crippen LogP contribution < -0.4 is 0 Å². The van der Waals surface area contributed by atoms with Crippen LogP contribution in [0.2, 0.25) is 0 Å². The Hall–Kier alpha value is -0.120. The highest BCUT2D eigenvalue weighted by molar-refractivity contribution is 4.68. The lowest BCUT2D eigenvalue weighted by Gasteiger charge is -2.19. The van der Waals surface area contributed by atoms with Gasteiger partial charge in [0.2, 0.25) is 0 Å². The van der Waals surface area contributed by atoms with Crippen LogP contribution in [0.4, 0.5) is 0 Å². The van der Waals surface area contributed by atoms with Gasteiger partial charge < -0.3 is 5.11 Å². The van der Waals surface area contributed by atoms with Crippen LogP contribution in [-0.2, 0) is 4.89 Å². The number of unbranched alkanes of at least 4 members (excludes halogenated alkanes) is 4. The fourth-order valence-electron chi connectivity index (χ4n) is 1.69. The van der Waals surface area contributed by atoms with E-state index in [-0.39, 0.29) is 0 Å². The number of rotatable bonds is 10. The summed E-state index contributed by atoms with van der Waals surface area (Å²) >= 11 is 0. The molecule has 0 aliphatic rings. The summed E-state index contributed by atoms with van der Waals surface area (Å²) in [6.45, 7) is 4.25. The molecule has 0 aromatic rings. The molecule has 0 bridgehead atoms. The first-order valence-corrected chi connectivity index (χ1v) is 6.24. The lowest BCUT2D eigenvalue weighted by molar-refractivity contribution is -0.298. The SMILES string of the molecule is CCCCCCC(OO)C(O)CCCC. The summed E-state index contributed by atoms with van der Waals surface area (Å²) in [6, 6.07) is 0. The molecule has 0 amide bonds. The Morgan fingerprint density at radius 3 is 2.13 bits per heavy atom. The molecule has 92 valence electrons. The second-order valence-corrected chi connectivity index (χ2v) is 4.20. The zero-order valence-electron chi connectivity index (χ0n) is 10.1. The fourth-order valence-corrected chi connectivity index (χ4v) is 1.69. The summed E-state index contributed by atoms with van der Waals surface area (Å²) in [4.78, 5) is 4.34. The highest BCUT2D eigenvalue weighted by Gasteiger charge is 2.18. The van der Waals surface area contributed by atoms with E-state index in [1.807, 2.05) is 0 Å². The van der Waals surface area contributed by atoms with Gasteiger partial charge in [-0.15, -0.1) is 0 Å². The van der Waals surface area contributed by atoms with Crippen LogP contribution in [0.15, 0.2) is 0 Å². The molecule has 3 nitrogen and oxygen atoms in total. The summed E-state index contributed by atoms with van der Waals surface area (Å²) < 4.78 is 0.